The zero-order valence-electron chi connectivity index (χ0n) is 16.4. The summed E-state index contributed by atoms with van der Waals surface area (Å²) in [5.41, 5.74) is 1.67. The molecule has 1 N–H and O–H groups in total. The number of nitrogens with one attached hydrogen (secondary N) is 1. The fourth-order valence-corrected chi connectivity index (χ4v) is 6.16. The molecule has 3 amide bonds. The number of aryl methyl sites for hydroxylation is 1. The van der Waals surface area contributed by atoms with Crippen LogP contribution in [0.4, 0.5) is 15.8 Å². The number of nitrogens with zero attached hydrogens (tertiary/aromatic N) is 2. The highest BCUT2D eigenvalue weighted by Gasteiger charge is 2.74. The minimum absolute atomic E-state index is 0.158. The van der Waals surface area contributed by atoms with Crippen LogP contribution in [0.25, 0.3) is 0 Å². The molecule has 0 bridgehead atoms. The van der Waals surface area contributed by atoms with Crippen molar-refractivity contribution >= 4 is 29.1 Å². The van der Waals surface area contributed by atoms with Gasteiger partial charge in [-0.05, 0) is 56.6 Å². The summed E-state index contributed by atoms with van der Waals surface area (Å²) in [7, 11) is 0. The topological polar surface area (TPSA) is 69.7 Å². The third kappa shape index (κ3) is 1.94. The Morgan fingerprint density at radius 1 is 1.07 bits per heavy atom. The molecule has 4 unspecified atom stereocenters. The fourth-order valence-electron chi connectivity index (χ4n) is 6.16. The van der Waals surface area contributed by atoms with Crippen LogP contribution >= 0.6 is 0 Å². The summed E-state index contributed by atoms with van der Waals surface area (Å²) in [4.78, 5) is 44.0. The summed E-state index contributed by atoms with van der Waals surface area (Å²) in [6, 6.07) is 11.0. The Bertz CT molecular complexity index is 1130. The van der Waals surface area contributed by atoms with E-state index in [1.807, 2.05) is 25.1 Å². The number of imide groups is 1. The van der Waals surface area contributed by atoms with Gasteiger partial charge in [-0.3, -0.25) is 19.3 Å². The van der Waals surface area contributed by atoms with Crippen LogP contribution in [0.5, 0.6) is 0 Å². The molecule has 4 atom stereocenters. The summed E-state index contributed by atoms with van der Waals surface area (Å²) >= 11 is 0. The Labute approximate surface area is 172 Å². The van der Waals surface area contributed by atoms with E-state index in [0.717, 1.165) is 28.9 Å². The number of anilines is 2. The van der Waals surface area contributed by atoms with E-state index in [2.05, 4.69) is 10.2 Å². The van der Waals surface area contributed by atoms with Crippen molar-refractivity contribution < 1.29 is 18.8 Å². The normalized spacial score (nSPS) is 32.0. The zero-order chi connectivity index (χ0) is 20.8. The number of rotatable bonds is 1. The molecule has 0 radical (unpaired) electrons. The maximum Gasteiger partial charge on any atom is 0.250 e. The lowest BCUT2D eigenvalue weighted by Crippen LogP contribution is -2.54. The van der Waals surface area contributed by atoms with Gasteiger partial charge in [0, 0.05) is 17.3 Å². The molecule has 4 heterocycles. The Hall–Kier alpha value is -3.06. The lowest BCUT2D eigenvalue weighted by atomic mass is 9.75. The van der Waals surface area contributed by atoms with Crippen molar-refractivity contribution in [1.82, 2.24) is 4.90 Å². The Morgan fingerprint density at radius 3 is 2.60 bits per heavy atom. The van der Waals surface area contributed by atoms with Gasteiger partial charge in [0.05, 0.1) is 17.5 Å². The first kappa shape index (κ1) is 17.8. The standard InChI is InChI=1S/C23H20FN3O3/c1-12-4-9-16-15(11-12)23(22(30)25-16)19-18(17-3-2-10-26(17)23)20(28)27(21(19)29)14-7-5-13(24)6-8-14/h4-9,11,17-19H,2-3,10H2,1H3,(H,25,30). The highest BCUT2D eigenvalue weighted by Crippen LogP contribution is 2.60. The molecule has 1 spiro atoms. The molecule has 30 heavy (non-hydrogen) atoms. The second kappa shape index (κ2) is 5.76. The molecule has 6 rings (SSSR count). The van der Waals surface area contributed by atoms with Crippen molar-refractivity contribution in [3.05, 3.63) is 59.4 Å². The van der Waals surface area contributed by atoms with Gasteiger partial charge in [0.1, 0.15) is 11.4 Å². The maximum atomic E-state index is 13.7. The van der Waals surface area contributed by atoms with E-state index in [-0.39, 0.29) is 23.8 Å². The molecule has 152 valence electrons. The molecule has 2 aromatic rings. The predicted molar refractivity (Wildman–Crippen MR) is 107 cm³/mol. The largest absolute Gasteiger partial charge is 0.324 e. The molecule has 4 aliphatic rings. The number of hydrogen-bond donors (Lipinski definition) is 1. The van der Waals surface area contributed by atoms with Crippen molar-refractivity contribution in [1.29, 1.82) is 0 Å². The number of amides is 3. The SMILES string of the molecule is Cc1ccc2c(c1)C1(C(=O)N2)C2C(=O)N(c3ccc(F)cc3)C(=O)C2C2CCCN21. The second-order valence-electron chi connectivity index (χ2n) is 8.66. The minimum atomic E-state index is -1.17. The highest BCUT2D eigenvalue weighted by atomic mass is 19.1. The first-order valence-corrected chi connectivity index (χ1v) is 10.3. The molecular weight excluding hydrogens is 385 g/mol. The van der Waals surface area contributed by atoms with Gasteiger partial charge < -0.3 is 5.32 Å². The van der Waals surface area contributed by atoms with Crippen molar-refractivity contribution in [2.75, 3.05) is 16.8 Å². The van der Waals surface area contributed by atoms with Crippen LogP contribution in [0.2, 0.25) is 0 Å². The monoisotopic (exact) mass is 405 g/mol. The highest BCUT2D eigenvalue weighted by molar-refractivity contribution is 6.25. The summed E-state index contributed by atoms with van der Waals surface area (Å²) < 4.78 is 13.4. The van der Waals surface area contributed by atoms with Crippen molar-refractivity contribution in [2.45, 2.75) is 31.3 Å². The lowest BCUT2D eigenvalue weighted by Gasteiger charge is -2.36. The summed E-state index contributed by atoms with van der Waals surface area (Å²) in [5, 5.41) is 2.97. The lowest BCUT2D eigenvalue weighted by molar-refractivity contribution is -0.135. The van der Waals surface area contributed by atoms with Crippen molar-refractivity contribution in [3.63, 3.8) is 0 Å². The van der Waals surface area contributed by atoms with Gasteiger partial charge in [0.15, 0.2) is 0 Å². The summed E-state index contributed by atoms with van der Waals surface area (Å²) in [6.07, 6.45) is 1.65. The molecule has 0 aromatic heterocycles. The summed E-state index contributed by atoms with van der Waals surface area (Å²) in [6.45, 7) is 2.63. The van der Waals surface area contributed by atoms with E-state index in [9.17, 15) is 18.8 Å². The molecule has 2 aromatic carbocycles. The molecule has 0 aliphatic carbocycles. The quantitative estimate of drug-likeness (QED) is 0.741. The van der Waals surface area contributed by atoms with E-state index < -0.39 is 23.2 Å². The molecular formula is C23H20FN3O3. The first-order chi connectivity index (χ1) is 14.4. The van der Waals surface area contributed by atoms with Crippen LogP contribution < -0.4 is 10.2 Å². The van der Waals surface area contributed by atoms with Gasteiger partial charge in [0.25, 0.3) is 0 Å². The van der Waals surface area contributed by atoms with E-state index in [0.29, 0.717) is 17.9 Å². The van der Waals surface area contributed by atoms with Crippen LogP contribution in [0.3, 0.4) is 0 Å². The predicted octanol–water partition coefficient (Wildman–Crippen LogP) is 2.57. The number of carbonyl (C=O) groups excluding carboxylic acids is 3. The summed E-state index contributed by atoms with van der Waals surface area (Å²) in [5.74, 6) is -2.71. The number of halogens is 1. The van der Waals surface area contributed by atoms with Gasteiger partial charge in [0.2, 0.25) is 17.7 Å². The molecule has 0 saturated carbocycles. The zero-order valence-corrected chi connectivity index (χ0v) is 16.4. The Morgan fingerprint density at radius 2 is 1.83 bits per heavy atom. The first-order valence-electron chi connectivity index (χ1n) is 10.3. The van der Waals surface area contributed by atoms with Crippen LogP contribution in [-0.2, 0) is 19.9 Å². The number of carbonyl (C=O) groups is 3. The van der Waals surface area contributed by atoms with Crippen LogP contribution in [-0.4, -0.2) is 35.2 Å². The maximum absolute atomic E-state index is 13.7. The van der Waals surface area contributed by atoms with Gasteiger partial charge in [-0.1, -0.05) is 17.7 Å². The van der Waals surface area contributed by atoms with E-state index in [1.54, 1.807) is 0 Å². The molecule has 6 nitrogen and oxygen atoms in total. The van der Waals surface area contributed by atoms with E-state index in [4.69, 9.17) is 0 Å². The van der Waals surface area contributed by atoms with Crippen LogP contribution in [0.15, 0.2) is 42.5 Å². The Balaban J connectivity index is 1.56. The van der Waals surface area contributed by atoms with Crippen LogP contribution in [0.1, 0.15) is 24.0 Å². The fraction of sp³-hybridized carbons (Fsp3) is 0.348. The van der Waals surface area contributed by atoms with Gasteiger partial charge in [-0.25, -0.2) is 9.29 Å². The van der Waals surface area contributed by atoms with E-state index in [1.165, 1.54) is 24.3 Å². The third-order valence-electron chi connectivity index (χ3n) is 7.23. The Kier molecular flexibility index (Phi) is 3.41. The average Bonchev–Trinajstić information content (AvgIpc) is 3.42. The van der Waals surface area contributed by atoms with Crippen molar-refractivity contribution in [2.24, 2.45) is 11.8 Å². The smallest absolute Gasteiger partial charge is 0.250 e. The average molecular weight is 405 g/mol. The molecule has 4 aliphatic heterocycles. The molecule has 3 fully saturated rings. The third-order valence-corrected chi connectivity index (χ3v) is 7.23. The van der Waals surface area contributed by atoms with Gasteiger partial charge >= 0.3 is 0 Å². The van der Waals surface area contributed by atoms with Crippen molar-refractivity contribution in [3.8, 4) is 0 Å². The van der Waals surface area contributed by atoms with Gasteiger partial charge in [-0.2, -0.15) is 0 Å². The molecule has 3 saturated heterocycles. The van der Waals surface area contributed by atoms with Crippen LogP contribution in [0, 0.1) is 24.6 Å². The molecule has 7 heteroatoms. The number of fused-ring (bicyclic) bond motifs is 7. The van der Waals surface area contributed by atoms with E-state index >= 15 is 0 Å². The minimum Gasteiger partial charge on any atom is -0.324 e. The van der Waals surface area contributed by atoms with Gasteiger partial charge in [-0.15, -0.1) is 0 Å². The second-order valence-corrected chi connectivity index (χ2v) is 8.66. The number of benzene rings is 2. The number of hydrogen-bond acceptors (Lipinski definition) is 4.